The lowest BCUT2D eigenvalue weighted by atomic mass is 10.1. The molecule has 4 heterocycles. The predicted octanol–water partition coefficient (Wildman–Crippen LogP) is -1.71. The molecule has 2 aliphatic rings. The van der Waals surface area contributed by atoms with Crippen LogP contribution in [0.3, 0.4) is 0 Å². The number of hydrogen-bond donors (Lipinski definition) is 4. The summed E-state index contributed by atoms with van der Waals surface area (Å²) in [5, 5.41) is 38.8. The Labute approximate surface area is 147 Å². The van der Waals surface area contributed by atoms with E-state index in [0.29, 0.717) is 28.3 Å². The number of nitrogens with one attached hydrogen (secondary N) is 1. The van der Waals surface area contributed by atoms with Gasteiger partial charge in [-0.05, 0) is 0 Å². The first-order chi connectivity index (χ1) is 12.4. The number of carbonyl (C=O) groups excluding carboxylic acids is 1. The first-order valence-corrected chi connectivity index (χ1v) is 8.00. The van der Waals surface area contributed by atoms with Gasteiger partial charge in [0.1, 0.15) is 30.3 Å². The van der Waals surface area contributed by atoms with E-state index in [1.807, 2.05) is 0 Å². The molecule has 0 unspecified atom stereocenters. The van der Waals surface area contributed by atoms with Crippen molar-refractivity contribution in [3.8, 4) is 0 Å². The Bertz CT molecular complexity index is 911. The number of amides is 1. The van der Waals surface area contributed by atoms with Crippen LogP contribution < -0.4 is 10.3 Å². The molecule has 1 amide bonds. The van der Waals surface area contributed by atoms with Gasteiger partial charge in [-0.3, -0.25) is 4.79 Å². The normalized spacial score (nSPS) is 27.7. The molecule has 138 valence electrons. The van der Waals surface area contributed by atoms with E-state index in [1.165, 1.54) is 18.3 Å². The second-order valence-corrected chi connectivity index (χ2v) is 6.23. The van der Waals surface area contributed by atoms with Gasteiger partial charge in [-0.2, -0.15) is 5.10 Å². The highest BCUT2D eigenvalue weighted by Crippen LogP contribution is 2.37. The minimum absolute atomic E-state index is 0.286. The zero-order valence-electron chi connectivity index (χ0n) is 14.1. The van der Waals surface area contributed by atoms with Gasteiger partial charge >= 0.3 is 0 Å². The highest BCUT2D eigenvalue weighted by molar-refractivity contribution is 6.18. The molecule has 2 aliphatic heterocycles. The fourth-order valence-electron chi connectivity index (χ4n) is 3.31. The number of anilines is 1. The monoisotopic (exact) mass is 362 g/mol. The van der Waals surface area contributed by atoms with Crippen LogP contribution in [0.4, 0.5) is 5.82 Å². The number of nitrogens with zero attached hydrogens (tertiary/aromatic N) is 5. The Kier molecular flexibility index (Phi) is 3.88. The molecule has 0 aliphatic carbocycles. The van der Waals surface area contributed by atoms with Gasteiger partial charge < -0.3 is 29.9 Å². The van der Waals surface area contributed by atoms with E-state index in [0.717, 1.165) is 0 Å². The first kappa shape index (κ1) is 16.8. The van der Waals surface area contributed by atoms with E-state index in [-0.39, 0.29) is 5.91 Å². The van der Waals surface area contributed by atoms with Crippen LogP contribution in [0.1, 0.15) is 18.7 Å². The number of ether oxygens (including phenoxy) is 1. The quantitative estimate of drug-likeness (QED) is 0.494. The summed E-state index contributed by atoms with van der Waals surface area (Å²) in [5.41, 5.74) is 1.02. The van der Waals surface area contributed by atoms with Crippen molar-refractivity contribution < 1.29 is 24.9 Å². The molecule has 0 aromatic carbocycles. The Balaban J connectivity index is 1.87. The van der Waals surface area contributed by atoms with E-state index in [4.69, 9.17) is 4.74 Å². The fraction of sp³-hybridized carbons (Fsp3) is 0.467. The van der Waals surface area contributed by atoms with Gasteiger partial charge in [-0.25, -0.2) is 15.0 Å². The number of hydrazone groups is 1. The van der Waals surface area contributed by atoms with Crippen molar-refractivity contribution in [3.05, 3.63) is 18.1 Å². The van der Waals surface area contributed by atoms with Crippen molar-refractivity contribution >= 4 is 28.6 Å². The minimum Gasteiger partial charge on any atom is -0.394 e. The minimum atomic E-state index is -1.26. The highest BCUT2D eigenvalue weighted by Gasteiger charge is 2.44. The molecule has 0 spiro atoms. The van der Waals surface area contributed by atoms with E-state index < -0.39 is 31.1 Å². The maximum Gasteiger partial charge on any atom is 0.222 e. The summed E-state index contributed by atoms with van der Waals surface area (Å²) in [6, 6.07) is 0. The third-order valence-corrected chi connectivity index (χ3v) is 4.49. The molecular weight excluding hydrogens is 344 g/mol. The molecule has 11 heteroatoms. The second-order valence-electron chi connectivity index (χ2n) is 6.23. The number of aliphatic hydroxyl groups is 3. The van der Waals surface area contributed by atoms with Crippen LogP contribution in [0, 0.1) is 0 Å². The number of aliphatic hydroxyl groups excluding tert-OH is 3. The van der Waals surface area contributed by atoms with E-state index in [9.17, 15) is 20.1 Å². The summed E-state index contributed by atoms with van der Waals surface area (Å²) in [4.78, 5) is 20.0. The molecule has 1 fully saturated rings. The molecule has 0 bridgehead atoms. The number of aromatic nitrogens is 3. The number of hydrogen-bond acceptors (Lipinski definition) is 9. The molecule has 0 saturated carbocycles. The molecule has 2 aromatic rings. The zero-order valence-corrected chi connectivity index (χ0v) is 14.1. The summed E-state index contributed by atoms with van der Waals surface area (Å²) in [6.07, 6.45) is -1.37. The lowest BCUT2D eigenvalue weighted by Crippen LogP contribution is -2.33. The lowest BCUT2D eigenvalue weighted by molar-refractivity contribution is -0.117. The summed E-state index contributed by atoms with van der Waals surface area (Å²) < 4.78 is 7.15. The Morgan fingerprint density at radius 1 is 1.35 bits per heavy atom. The fourth-order valence-corrected chi connectivity index (χ4v) is 3.31. The van der Waals surface area contributed by atoms with Crippen molar-refractivity contribution in [2.75, 3.05) is 18.7 Å². The van der Waals surface area contributed by atoms with Gasteiger partial charge in [-0.15, -0.1) is 0 Å². The van der Waals surface area contributed by atoms with Gasteiger partial charge in [0, 0.05) is 20.2 Å². The highest BCUT2D eigenvalue weighted by atomic mass is 16.6. The van der Waals surface area contributed by atoms with Crippen LogP contribution in [0.25, 0.3) is 11.0 Å². The molecule has 4 atom stereocenters. The molecule has 26 heavy (non-hydrogen) atoms. The molecule has 0 radical (unpaired) electrons. The van der Waals surface area contributed by atoms with Crippen molar-refractivity contribution in [3.63, 3.8) is 0 Å². The molecule has 11 nitrogen and oxygen atoms in total. The lowest BCUT2D eigenvalue weighted by Gasteiger charge is -2.20. The summed E-state index contributed by atoms with van der Waals surface area (Å²) in [5.74, 6) is 0.564. The summed E-state index contributed by atoms with van der Waals surface area (Å²) >= 11 is 0. The van der Waals surface area contributed by atoms with Gasteiger partial charge in [0.25, 0.3) is 0 Å². The number of carbonyl (C=O) groups is 1. The molecular formula is C15H18N6O5. The van der Waals surface area contributed by atoms with Gasteiger partial charge in [-0.1, -0.05) is 0 Å². The smallest absolute Gasteiger partial charge is 0.222 e. The van der Waals surface area contributed by atoms with Crippen molar-refractivity contribution in [2.45, 2.75) is 31.5 Å². The van der Waals surface area contributed by atoms with Gasteiger partial charge in [0.15, 0.2) is 17.9 Å². The largest absolute Gasteiger partial charge is 0.394 e. The topological polar surface area (TPSA) is 145 Å². The average Bonchev–Trinajstić information content (AvgIpc) is 3.12. The standard InChI is InChI=1S/C15H18N6O5/c1-6(23)18-12-7-3-21(15-11(25)10(24)8(4-22)26-15)14-9(7)13(16-5-17-14)20(2)19-12/h3,5,8,10-11,15,22,24-25H,4H2,1-2H3,(H,18,19,23)/t8-,10-,11-,15-/m1/s1. The Hall–Kier alpha value is -2.60. The van der Waals surface area contributed by atoms with Crippen LogP contribution in [0.2, 0.25) is 0 Å². The van der Waals surface area contributed by atoms with E-state index in [1.54, 1.807) is 17.8 Å². The van der Waals surface area contributed by atoms with Crippen LogP contribution >= 0.6 is 0 Å². The number of rotatable bonds is 2. The van der Waals surface area contributed by atoms with Crippen LogP contribution in [-0.4, -0.2) is 73.6 Å². The molecule has 2 aromatic heterocycles. The SMILES string of the molecule is CC(=O)NC1=NN(C)c2ncnc3c2c1cn3[C@@H]1O[C@H](CO)[C@@H](O)[C@H]1O. The molecule has 4 rings (SSSR count). The molecule has 1 saturated heterocycles. The maximum atomic E-state index is 11.5. The zero-order chi connectivity index (χ0) is 18.6. The van der Waals surface area contributed by atoms with Gasteiger partial charge in [0.05, 0.1) is 17.6 Å². The van der Waals surface area contributed by atoms with Crippen molar-refractivity contribution in [1.29, 1.82) is 0 Å². The average molecular weight is 362 g/mol. The third-order valence-electron chi connectivity index (χ3n) is 4.49. The maximum absolute atomic E-state index is 11.5. The summed E-state index contributed by atoms with van der Waals surface area (Å²) in [6.45, 7) is 0.947. The Morgan fingerprint density at radius 3 is 2.77 bits per heavy atom. The van der Waals surface area contributed by atoms with Gasteiger partial charge in [0.2, 0.25) is 5.91 Å². The first-order valence-electron chi connectivity index (χ1n) is 8.00. The van der Waals surface area contributed by atoms with Crippen molar-refractivity contribution in [1.82, 2.24) is 19.9 Å². The summed E-state index contributed by atoms with van der Waals surface area (Å²) in [7, 11) is 1.69. The van der Waals surface area contributed by atoms with E-state index in [2.05, 4.69) is 20.4 Å². The van der Waals surface area contributed by atoms with Crippen LogP contribution in [0.15, 0.2) is 17.6 Å². The Morgan fingerprint density at radius 2 is 2.12 bits per heavy atom. The second kappa shape index (κ2) is 5.99. The van der Waals surface area contributed by atoms with Crippen LogP contribution in [-0.2, 0) is 9.53 Å². The molecule has 4 N–H and O–H groups in total. The van der Waals surface area contributed by atoms with Crippen LogP contribution in [0.5, 0.6) is 0 Å². The van der Waals surface area contributed by atoms with E-state index >= 15 is 0 Å². The predicted molar refractivity (Wildman–Crippen MR) is 89.3 cm³/mol. The van der Waals surface area contributed by atoms with Crippen molar-refractivity contribution in [2.24, 2.45) is 5.10 Å². The number of amidine groups is 1. The third kappa shape index (κ3) is 2.36.